The van der Waals surface area contributed by atoms with Crippen LogP contribution in [-0.2, 0) is 0 Å². The van der Waals surface area contributed by atoms with Crippen LogP contribution < -0.4 is 20.1 Å². The number of nitrogens with two attached hydrogens (primary N) is 1. The number of nitrogen functional groups attached to an aromatic ring is 1. The summed E-state index contributed by atoms with van der Waals surface area (Å²) in [5.41, 5.74) is 8.56. The van der Waals surface area contributed by atoms with E-state index in [1.165, 1.54) is 0 Å². The topological polar surface area (TPSA) is 47.7 Å². The minimum Gasteiger partial charge on any atom is -0.497 e. The van der Waals surface area contributed by atoms with Gasteiger partial charge in [-0.05, 0) is 30.3 Å². The van der Waals surface area contributed by atoms with Crippen LogP contribution >= 0.6 is 15.9 Å². The maximum Gasteiger partial charge on any atom is 0.142 e. The summed E-state index contributed by atoms with van der Waals surface area (Å²) in [4.78, 5) is 1.98. The van der Waals surface area contributed by atoms with Crippen molar-refractivity contribution in [2.45, 2.75) is 0 Å². The van der Waals surface area contributed by atoms with Crippen LogP contribution in [0.15, 0.2) is 40.9 Å². The third kappa shape index (κ3) is 2.82. The molecular weight excluding hydrogens is 320 g/mol. The summed E-state index contributed by atoms with van der Waals surface area (Å²) in [6.45, 7) is 0. The molecule has 0 aliphatic rings. The zero-order chi connectivity index (χ0) is 14.7. The van der Waals surface area contributed by atoms with Gasteiger partial charge in [-0.15, -0.1) is 0 Å². The average Bonchev–Trinajstić information content (AvgIpc) is 2.46. The van der Waals surface area contributed by atoms with Gasteiger partial charge in [-0.2, -0.15) is 0 Å². The van der Waals surface area contributed by atoms with Crippen LogP contribution in [0.5, 0.6) is 11.5 Å². The molecule has 2 aromatic rings. The lowest BCUT2D eigenvalue weighted by molar-refractivity contribution is 0.404. The van der Waals surface area contributed by atoms with Crippen molar-refractivity contribution in [2.24, 2.45) is 0 Å². The highest BCUT2D eigenvalue weighted by Crippen LogP contribution is 2.38. The Balaban J connectivity index is 2.48. The third-order valence-corrected chi connectivity index (χ3v) is 3.59. The molecule has 0 aromatic heterocycles. The van der Waals surface area contributed by atoms with Crippen molar-refractivity contribution >= 4 is 33.0 Å². The number of benzene rings is 2. The number of hydrogen-bond donors (Lipinski definition) is 1. The van der Waals surface area contributed by atoms with Gasteiger partial charge in [0.2, 0.25) is 0 Å². The minimum atomic E-state index is 0.687. The summed E-state index contributed by atoms with van der Waals surface area (Å²) in [6, 6.07) is 11.4. The van der Waals surface area contributed by atoms with E-state index in [9.17, 15) is 0 Å². The Morgan fingerprint density at radius 1 is 1.00 bits per heavy atom. The van der Waals surface area contributed by atoms with Gasteiger partial charge in [0, 0.05) is 17.6 Å². The van der Waals surface area contributed by atoms with E-state index in [0.29, 0.717) is 5.69 Å². The quantitative estimate of drug-likeness (QED) is 0.862. The van der Waals surface area contributed by atoms with Crippen LogP contribution in [0.3, 0.4) is 0 Å². The Morgan fingerprint density at radius 2 is 1.75 bits per heavy atom. The van der Waals surface area contributed by atoms with E-state index in [1.807, 2.05) is 48.3 Å². The van der Waals surface area contributed by atoms with Gasteiger partial charge in [-0.1, -0.05) is 15.9 Å². The smallest absolute Gasteiger partial charge is 0.142 e. The monoisotopic (exact) mass is 336 g/mol. The van der Waals surface area contributed by atoms with E-state index in [-0.39, 0.29) is 0 Å². The van der Waals surface area contributed by atoms with E-state index < -0.39 is 0 Å². The second kappa shape index (κ2) is 6.05. The third-order valence-electron chi connectivity index (χ3n) is 3.10. The molecule has 5 heteroatoms. The van der Waals surface area contributed by atoms with Crippen LogP contribution in [0.2, 0.25) is 0 Å². The maximum atomic E-state index is 6.08. The van der Waals surface area contributed by atoms with Crippen LogP contribution in [0.25, 0.3) is 0 Å². The highest BCUT2D eigenvalue weighted by molar-refractivity contribution is 9.10. The molecule has 2 aromatic carbocycles. The number of anilines is 3. The molecule has 0 heterocycles. The molecule has 0 unspecified atom stereocenters. The number of nitrogens with zero attached hydrogens (tertiary/aromatic N) is 1. The molecular formula is C15H17BrN2O2. The minimum absolute atomic E-state index is 0.687. The Hall–Kier alpha value is -1.88. The zero-order valence-electron chi connectivity index (χ0n) is 11.7. The van der Waals surface area contributed by atoms with Gasteiger partial charge < -0.3 is 20.1 Å². The number of halogens is 1. The molecule has 20 heavy (non-hydrogen) atoms. The Kier molecular flexibility index (Phi) is 4.39. The highest BCUT2D eigenvalue weighted by atomic mass is 79.9. The number of methoxy groups -OCH3 is 2. The molecule has 0 saturated carbocycles. The first kappa shape index (κ1) is 14.5. The van der Waals surface area contributed by atoms with E-state index in [1.54, 1.807) is 14.2 Å². The Morgan fingerprint density at radius 3 is 2.35 bits per heavy atom. The summed E-state index contributed by atoms with van der Waals surface area (Å²) < 4.78 is 11.6. The van der Waals surface area contributed by atoms with Crippen LogP contribution in [0.1, 0.15) is 0 Å². The molecule has 0 spiro atoms. The molecule has 0 fully saturated rings. The Bertz CT molecular complexity index is 617. The molecule has 106 valence electrons. The predicted octanol–water partition coefficient (Wildman–Crippen LogP) is 3.82. The van der Waals surface area contributed by atoms with Gasteiger partial charge >= 0.3 is 0 Å². The van der Waals surface area contributed by atoms with Crippen molar-refractivity contribution in [3.05, 3.63) is 40.9 Å². The fourth-order valence-electron chi connectivity index (χ4n) is 2.02. The molecule has 0 bridgehead atoms. The summed E-state index contributed by atoms with van der Waals surface area (Å²) >= 11 is 3.41. The summed E-state index contributed by atoms with van der Waals surface area (Å²) in [6.07, 6.45) is 0. The van der Waals surface area contributed by atoms with Crippen molar-refractivity contribution in [1.29, 1.82) is 0 Å². The maximum absolute atomic E-state index is 6.08. The Labute approximate surface area is 127 Å². The van der Waals surface area contributed by atoms with Gasteiger partial charge in [-0.25, -0.2) is 0 Å². The molecule has 2 N–H and O–H groups in total. The number of ether oxygens (including phenoxy) is 2. The van der Waals surface area contributed by atoms with Gasteiger partial charge in [0.1, 0.15) is 11.5 Å². The lowest BCUT2D eigenvalue weighted by atomic mass is 10.2. The fourth-order valence-corrected chi connectivity index (χ4v) is 2.40. The van der Waals surface area contributed by atoms with E-state index in [4.69, 9.17) is 15.2 Å². The van der Waals surface area contributed by atoms with Gasteiger partial charge in [0.25, 0.3) is 0 Å². The van der Waals surface area contributed by atoms with Crippen molar-refractivity contribution < 1.29 is 9.47 Å². The first-order chi connectivity index (χ1) is 9.56. The SMILES string of the molecule is COc1ccc(OC)c(N(C)c2ccc(Br)cc2N)c1. The average molecular weight is 337 g/mol. The van der Waals surface area contributed by atoms with Crippen molar-refractivity contribution in [2.75, 3.05) is 31.9 Å². The number of rotatable bonds is 4. The standard InChI is InChI=1S/C15H17BrN2O2/c1-18(13-6-4-10(16)8-12(13)17)14-9-11(19-2)5-7-15(14)20-3/h4-9H,17H2,1-3H3. The predicted molar refractivity (Wildman–Crippen MR) is 86.2 cm³/mol. The van der Waals surface area contributed by atoms with E-state index in [0.717, 1.165) is 27.3 Å². The second-order valence-electron chi connectivity index (χ2n) is 4.30. The first-order valence-corrected chi connectivity index (χ1v) is 6.87. The molecule has 0 amide bonds. The van der Waals surface area contributed by atoms with Crippen LogP contribution in [0.4, 0.5) is 17.1 Å². The van der Waals surface area contributed by atoms with Gasteiger partial charge in [0.15, 0.2) is 0 Å². The summed E-state index contributed by atoms with van der Waals surface area (Å²) in [5, 5.41) is 0. The summed E-state index contributed by atoms with van der Waals surface area (Å²) in [7, 11) is 5.22. The van der Waals surface area contributed by atoms with Crippen molar-refractivity contribution in [3.63, 3.8) is 0 Å². The van der Waals surface area contributed by atoms with Crippen molar-refractivity contribution in [1.82, 2.24) is 0 Å². The van der Waals surface area contributed by atoms with Crippen LogP contribution in [-0.4, -0.2) is 21.3 Å². The molecule has 0 aliphatic carbocycles. The fraction of sp³-hybridized carbons (Fsp3) is 0.200. The lowest BCUT2D eigenvalue weighted by Crippen LogP contribution is -2.12. The molecule has 0 aliphatic heterocycles. The first-order valence-electron chi connectivity index (χ1n) is 6.07. The lowest BCUT2D eigenvalue weighted by Gasteiger charge is -2.24. The molecule has 0 saturated heterocycles. The molecule has 4 nitrogen and oxygen atoms in total. The summed E-state index contributed by atoms with van der Waals surface area (Å²) in [5.74, 6) is 1.53. The van der Waals surface area contributed by atoms with E-state index >= 15 is 0 Å². The molecule has 0 atom stereocenters. The molecule has 2 rings (SSSR count). The second-order valence-corrected chi connectivity index (χ2v) is 5.22. The number of hydrogen-bond acceptors (Lipinski definition) is 4. The van der Waals surface area contributed by atoms with Crippen molar-refractivity contribution in [3.8, 4) is 11.5 Å². The normalized spacial score (nSPS) is 10.2. The largest absolute Gasteiger partial charge is 0.497 e. The van der Waals surface area contributed by atoms with Gasteiger partial charge in [0.05, 0.1) is 31.3 Å². The van der Waals surface area contributed by atoms with Gasteiger partial charge in [-0.3, -0.25) is 0 Å². The van der Waals surface area contributed by atoms with E-state index in [2.05, 4.69) is 15.9 Å². The highest BCUT2D eigenvalue weighted by Gasteiger charge is 2.13. The van der Waals surface area contributed by atoms with Crippen LogP contribution in [0, 0.1) is 0 Å². The zero-order valence-corrected chi connectivity index (χ0v) is 13.3. The molecule has 0 radical (unpaired) electrons.